The lowest BCUT2D eigenvalue weighted by Crippen LogP contribution is -2.14. The molecule has 3 aromatic rings. The van der Waals surface area contributed by atoms with Crippen LogP contribution in [0.4, 0.5) is 5.69 Å². The van der Waals surface area contributed by atoms with Crippen LogP contribution >= 0.6 is 11.8 Å². The van der Waals surface area contributed by atoms with Crippen molar-refractivity contribution >= 4 is 23.4 Å². The van der Waals surface area contributed by atoms with Gasteiger partial charge in [-0.3, -0.25) is 4.79 Å². The maximum absolute atomic E-state index is 13.1. The molecule has 166 valence electrons. The number of carbonyl (C=O) groups excluding carboxylic acids is 1. The molecular weight excluding hydrogens is 420 g/mol. The third-order valence-corrected chi connectivity index (χ3v) is 7.27. The van der Waals surface area contributed by atoms with E-state index in [2.05, 4.69) is 20.1 Å². The molecular formula is C25H28N4O2S. The van der Waals surface area contributed by atoms with Crippen LogP contribution in [0.2, 0.25) is 0 Å². The van der Waals surface area contributed by atoms with Gasteiger partial charge >= 0.3 is 0 Å². The van der Waals surface area contributed by atoms with Crippen molar-refractivity contribution in [3.8, 4) is 11.4 Å². The molecule has 32 heavy (non-hydrogen) atoms. The number of benzene rings is 2. The van der Waals surface area contributed by atoms with Crippen LogP contribution in [0.25, 0.3) is 11.4 Å². The quantitative estimate of drug-likeness (QED) is 0.525. The summed E-state index contributed by atoms with van der Waals surface area (Å²) in [7, 11) is 0. The summed E-state index contributed by atoms with van der Waals surface area (Å²) < 4.78 is 7.96. The third kappa shape index (κ3) is 4.74. The van der Waals surface area contributed by atoms with E-state index < -0.39 is 0 Å². The van der Waals surface area contributed by atoms with E-state index >= 15 is 0 Å². The van der Waals surface area contributed by atoms with Crippen molar-refractivity contribution in [3.63, 3.8) is 0 Å². The number of carbonyl (C=O) groups is 1. The molecule has 5 rings (SSSR count). The normalized spacial score (nSPS) is 18.2. The number of ether oxygens (including phenoxy) is 1. The average Bonchev–Trinajstić information content (AvgIpc) is 3.43. The lowest BCUT2D eigenvalue weighted by Gasteiger charge is -2.13. The van der Waals surface area contributed by atoms with Crippen molar-refractivity contribution in [1.82, 2.24) is 14.8 Å². The number of aryl methyl sites for hydroxylation is 1. The highest BCUT2D eigenvalue weighted by molar-refractivity contribution is 7.99. The first-order chi connectivity index (χ1) is 15.8. The first-order valence-corrected chi connectivity index (χ1v) is 12.4. The van der Waals surface area contributed by atoms with Gasteiger partial charge in [-0.2, -0.15) is 0 Å². The standard InChI is InChI=1S/C25H28N4O2S/c30-25(21-11-3-4-12-22(21)32-17-20-10-7-15-31-20)26-19-9-6-8-18(16-19)24-28-27-23-13-2-1-5-14-29(23)24/h3-4,6,8-9,11-12,16,20H,1-2,5,7,10,13-15,17H2,(H,26,30)/t20-/m1/s1. The summed E-state index contributed by atoms with van der Waals surface area (Å²) in [5, 5.41) is 11.9. The van der Waals surface area contributed by atoms with Crippen LogP contribution in [0.1, 0.15) is 48.3 Å². The van der Waals surface area contributed by atoms with E-state index in [-0.39, 0.29) is 12.0 Å². The number of amides is 1. The molecule has 1 atom stereocenters. The molecule has 1 fully saturated rings. The number of aromatic nitrogens is 3. The van der Waals surface area contributed by atoms with Crippen molar-refractivity contribution < 1.29 is 9.53 Å². The number of nitrogens with zero attached hydrogens (tertiary/aromatic N) is 3. The minimum absolute atomic E-state index is 0.0994. The predicted octanol–water partition coefficient (Wildman–Crippen LogP) is 5.19. The molecule has 2 aliphatic heterocycles. The molecule has 1 N–H and O–H groups in total. The molecule has 1 amide bonds. The molecule has 0 radical (unpaired) electrons. The van der Waals surface area contributed by atoms with Crippen LogP contribution in [-0.4, -0.2) is 39.1 Å². The summed E-state index contributed by atoms with van der Waals surface area (Å²) in [5.74, 6) is 2.71. The predicted molar refractivity (Wildman–Crippen MR) is 127 cm³/mol. The van der Waals surface area contributed by atoms with Gasteiger partial charge in [-0.15, -0.1) is 22.0 Å². The second-order valence-corrected chi connectivity index (χ2v) is 9.44. The monoisotopic (exact) mass is 448 g/mol. The Kier molecular flexibility index (Phi) is 6.55. The fourth-order valence-corrected chi connectivity index (χ4v) is 5.49. The molecule has 0 bridgehead atoms. The van der Waals surface area contributed by atoms with Gasteiger partial charge in [0.1, 0.15) is 5.82 Å². The zero-order chi connectivity index (χ0) is 21.8. The van der Waals surface area contributed by atoms with Crippen molar-refractivity contribution in [1.29, 1.82) is 0 Å². The number of anilines is 1. The van der Waals surface area contributed by atoms with E-state index in [1.54, 1.807) is 11.8 Å². The Bertz CT molecular complexity index is 1090. The second-order valence-electron chi connectivity index (χ2n) is 8.38. The maximum Gasteiger partial charge on any atom is 0.256 e. The fraction of sp³-hybridized carbons (Fsp3) is 0.400. The Morgan fingerprint density at radius 1 is 1.09 bits per heavy atom. The zero-order valence-corrected chi connectivity index (χ0v) is 18.9. The van der Waals surface area contributed by atoms with Crippen LogP contribution in [-0.2, 0) is 17.7 Å². The number of fused-ring (bicyclic) bond motifs is 1. The van der Waals surface area contributed by atoms with Gasteiger partial charge in [0.05, 0.1) is 11.7 Å². The first kappa shape index (κ1) is 21.2. The number of nitrogens with one attached hydrogen (secondary N) is 1. The fourth-order valence-electron chi connectivity index (χ4n) is 4.37. The van der Waals surface area contributed by atoms with Gasteiger partial charge in [0, 0.05) is 41.5 Å². The van der Waals surface area contributed by atoms with Crippen molar-refractivity contribution in [2.75, 3.05) is 17.7 Å². The maximum atomic E-state index is 13.1. The molecule has 1 saturated heterocycles. The summed E-state index contributed by atoms with van der Waals surface area (Å²) in [6.07, 6.45) is 7.02. The molecule has 6 nitrogen and oxygen atoms in total. The van der Waals surface area contributed by atoms with Crippen LogP contribution in [0.15, 0.2) is 53.4 Å². The molecule has 0 aliphatic carbocycles. The Labute approximate surface area is 192 Å². The van der Waals surface area contributed by atoms with Gasteiger partial charge in [0.15, 0.2) is 5.82 Å². The number of rotatable bonds is 6. The van der Waals surface area contributed by atoms with E-state index in [9.17, 15) is 4.79 Å². The molecule has 2 aliphatic rings. The Balaban J connectivity index is 1.32. The highest BCUT2D eigenvalue weighted by Gasteiger charge is 2.19. The minimum atomic E-state index is -0.0994. The lowest BCUT2D eigenvalue weighted by molar-refractivity contribution is 0.102. The van der Waals surface area contributed by atoms with Gasteiger partial charge in [-0.1, -0.05) is 30.7 Å². The van der Waals surface area contributed by atoms with Gasteiger partial charge in [0.25, 0.3) is 5.91 Å². The topological polar surface area (TPSA) is 69.0 Å². The number of hydrogen-bond acceptors (Lipinski definition) is 5. The van der Waals surface area contributed by atoms with E-state index in [4.69, 9.17) is 4.74 Å². The molecule has 2 aromatic carbocycles. The molecule has 7 heteroatoms. The third-order valence-electron chi connectivity index (χ3n) is 6.07. The summed E-state index contributed by atoms with van der Waals surface area (Å²) in [5.41, 5.74) is 2.43. The molecule has 1 aromatic heterocycles. The van der Waals surface area contributed by atoms with Crippen LogP contribution in [0.3, 0.4) is 0 Å². The van der Waals surface area contributed by atoms with Crippen LogP contribution in [0.5, 0.6) is 0 Å². The van der Waals surface area contributed by atoms with Gasteiger partial charge in [-0.05, 0) is 49.9 Å². The largest absolute Gasteiger partial charge is 0.377 e. The second kappa shape index (κ2) is 9.88. The van der Waals surface area contributed by atoms with E-state index in [0.717, 1.165) is 72.4 Å². The summed E-state index contributed by atoms with van der Waals surface area (Å²) in [6, 6.07) is 15.7. The SMILES string of the molecule is O=C(Nc1cccc(-c2nnc3n2CCCCC3)c1)c1ccccc1SC[C@H]1CCCO1. The molecule has 3 heterocycles. The molecule has 0 saturated carbocycles. The van der Waals surface area contributed by atoms with E-state index in [1.165, 1.54) is 12.8 Å². The van der Waals surface area contributed by atoms with Crippen LogP contribution < -0.4 is 5.32 Å². The summed E-state index contributed by atoms with van der Waals surface area (Å²) in [4.78, 5) is 14.1. The van der Waals surface area contributed by atoms with Crippen molar-refractivity contribution in [2.24, 2.45) is 0 Å². The Morgan fingerprint density at radius 2 is 2.03 bits per heavy atom. The summed E-state index contributed by atoms with van der Waals surface area (Å²) in [6.45, 7) is 1.79. The van der Waals surface area contributed by atoms with Crippen molar-refractivity contribution in [2.45, 2.75) is 56.1 Å². The summed E-state index contributed by atoms with van der Waals surface area (Å²) >= 11 is 1.69. The van der Waals surface area contributed by atoms with Gasteiger partial charge < -0.3 is 14.6 Å². The van der Waals surface area contributed by atoms with Crippen molar-refractivity contribution in [3.05, 3.63) is 59.9 Å². The first-order valence-electron chi connectivity index (χ1n) is 11.5. The highest BCUT2D eigenvalue weighted by Crippen LogP contribution is 2.28. The smallest absolute Gasteiger partial charge is 0.256 e. The van der Waals surface area contributed by atoms with Crippen LogP contribution in [0, 0.1) is 0 Å². The Hall–Kier alpha value is -2.64. The highest BCUT2D eigenvalue weighted by atomic mass is 32.2. The minimum Gasteiger partial charge on any atom is -0.377 e. The average molecular weight is 449 g/mol. The van der Waals surface area contributed by atoms with Gasteiger partial charge in [0.2, 0.25) is 0 Å². The van der Waals surface area contributed by atoms with E-state index in [0.29, 0.717) is 5.56 Å². The number of thioether (sulfide) groups is 1. The van der Waals surface area contributed by atoms with E-state index in [1.807, 2.05) is 48.5 Å². The zero-order valence-electron chi connectivity index (χ0n) is 18.1. The molecule has 0 spiro atoms. The Morgan fingerprint density at radius 3 is 2.94 bits per heavy atom. The number of hydrogen-bond donors (Lipinski definition) is 1. The molecule has 0 unspecified atom stereocenters. The van der Waals surface area contributed by atoms with Gasteiger partial charge in [-0.25, -0.2) is 0 Å². The lowest BCUT2D eigenvalue weighted by atomic mass is 10.1.